The molecule has 3 heteroatoms. The van der Waals surface area contributed by atoms with Crippen LogP contribution in [-0.2, 0) is 4.79 Å². The predicted octanol–water partition coefficient (Wildman–Crippen LogP) is 4.66. The van der Waals surface area contributed by atoms with Crippen LogP contribution in [0.5, 0.6) is 0 Å². The minimum atomic E-state index is -0.644. The molecule has 0 saturated carbocycles. The molecule has 0 aromatic carbocycles. The molecule has 22 heavy (non-hydrogen) atoms. The highest BCUT2D eigenvalue weighted by atomic mass is 16.4. The van der Waals surface area contributed by atoms with Crippen molar-refractivity contribution in [1.29, 1.82) is 0 Å². The van der Waals surface area contributed by atoms with E-state index < -0.39 is 5.97 Å². The van der Waals surface area contributed by atoms with Gasteiger partial charge in [-0.15, -0.1) is 0 Å². The van der Waals surface area contributed by atoms with E-state index in [1.165, 1.54) is 0 Å². The molecule has 1 saturated heterocycles. The first-order chi connectivity index (χ1) is 9.58. The van der Waals surface area contributed by atoms with Gasteiger partial charge in [-0.3, -0.25) is 4.79 Å². The van der Waals surface area contributed by atoms with Crippen LogP contribution >= 0.6 is 0 Å². The third kappa shape index (κ3) is 4.71. The fraction of sp³-hybridized carbons (Fsp3) is 0.947. The lowest BCUT2D eigenvalue weighted by Gasteiger charge is -2.50. The number of hydrogen-bond donors (Lipinski definition) is 1. The summed E-state index contributed by atoms with van der Waals surface area (Å²) in [6.07, 6.45) is 2.68. The lowest BCUT2D eigenvalue weighted by atomic mass is 9.62. The number of carbonyl (C=O) groups is 1. The van der Waals surface area contributed by atoms with Crippen molar-refractivity contribution < 1.29 is 9.90 Å². The molecule has 130 valence electrons. The summed E-state index contributed by atoms with van der Waals surface area (Å²) >= 11 is 0. The smallest absolute Gasteiger partial charge is 0.307 e. The molecule has 1 heterocycles. The molecule has 1 N–H and O–H groups in total. The van der Waals surface area contributed by atoms with E-state index in [2.05, 4.69) is 67.3 Å². The molecule has 1 aliphatic heterocycles. The number of nitrogens with zero attached hydrogens (tertiary/aromatic N) is 1. The maximum absolute atomic E-state index is 12.0. The van der Waals surface area contributed by atoms with E-state index in [1.54, 1.807) is 0 Å². The summed E-state index contributed by atoms with van der Waals surface area (Å²) in [5.41, 5.74) is -0.00942. The molecule has 3 nitrogen and oxygen atoms in total. The van der Waals surface area contributed by atoms with Gasteiger partial charge in [0.2, 0.25) is 0 Å². The molecule has 0 aromatic rings. The van der Waals surface area contributed by atoms with Gasteiger partial charge >= 0.3 is 5.97 Å². The Hall–Kier alpha value is -0.570. The van der Waals surface area contributed by atoms with E-state index >= 15 is 0 Å². The van der Waals surface area contributed by atoms with Gasteiger partial charge in [-0.2, -0.15) is 0 Å². The van der Waals surface area contributed by atoms with Gasteiger partial charge in [0, 0.05) is 12.1 Å². The fourth-order valence-corrected chi connectivity index (χ4v) is 4.90. The zero-order chi connectivity index (χ0) is 17.6. The zero-order valence-electron chi connectivity index (χ0n) is 16.2. The second kappa shape index (κ2) is 5.81. The lowest BCUT2D eigenvalue weighted by Crippen LogP contribution is -2.52. The summed E-state index contributed by atoms with van der Waals surface area (Å²) < 4.78 is 0. The Morgan fingerprint density at radius 3 is 1.91 bits per heavy atom. The molecule has 0 amide bonds. The van der Waals surface area contributed by atoms with Gasteiger partial charge in [-0.1, -0.05) is 41.5 Å². The number of aliphatic carboxylic acids is 1. The van der Waals surface area contributed by atoms with Crippen LogP contribution in [-0.4, -0.2) is 35.1 Å². The Labute approximate surface area is 137 Å². The van der Waals surface area contributed by atoms with Crippen molar-refractivity contribution in [2.45, 2.75) is 80.2 Å². The Morgan fingerprint density at radius 1 is 0.955 bits per heavy atom. The number of carboxylic acid groups (broad SMARTS) is 1. The van der Waals surface area contributed by atoms with Gasteiger partial charge in [0.25, 0.3) is 0 Å². The van der Waals surface area contributed by atoms with Crippen LogP contribution in [0.1, 0.15) is 74.7 Å². The van der Waals surface area contributed by atoms with E-state index in [-0.39, 0.29) is 27.7 Å². The zero-order valence-corrected chi connectivity index (χ0v) is 16.2. The average molecular weight is 312 g/mol. The Morgan fingerprint density at radius 2 is 1.45 bits per heavy atom. The minimum absolute atomic E-state index is 0.00402. The van der Waals surface area contributed by atoms with E-state index in [1.807, 2.05) is 0 Å². The SMILES string of the molecule is CN1CC(C)(C)CC(C)(C)CC(C(=O)O)C(C)(C)CC1(C)C. The van der Waals surface area contributed by atoms with E-state index in [4.69, 9.17) is 0 Å². The number of carboxylic acids is 1. The van der Waals surface area contributed by atoms with Crippen molar-refractivity contribution in [3.8, 4) is 0 Å². The molecule has 0 spiro atoms. The van der Waals surface area contributed by atoms with Crippen molar-refractivity contribution in [3.05, 3.63) is 0 Å². The topological polar surface area (TPSA) is 40.5 Å². The summed E-state index contributed by atoms with van der Waals surface area (Å²) in [7, 11) is 2.18. The third-order valence-electron chi connectivity index (χ3n) is 5.54. The first-order valence-corrected chi connectivity index (χ1v) is 8.52. The highest BCUT2D eigenvalue weighted by molar-refractivity contribution is 5.71. The largest absolute Gasteiger partial charge is 0.481 e. The maximum atomic E-state index is 12.0. The van der Waals surface area contributed by atoms with E-state index in [0.717, 1.165) is 25.8 Å². The lowest BCUT2D eigenvalue weighted by molar-refractivity contribution is -0.149. The Kier molecular flexibility index (Phi) is 5.15. The molecule has 1 unspecified atom stereocenters. The molecular weight excluding hydrogens is 274 g/mol. The van der Waals surface area contributed by atoms with Crippen molar-refractivity contribution in [3.63, 3.8) is 0 Å². The molecular formula is C19H37NO2. The summed E-state index contributed by atoms with van der Waals surface area (Å²) in [6.45, 7) is 18.9. The van der Waals surface area contributed by atoms with Gasteiger partial charge < -0.3 is 10.0 Å². The van der Waals surface area contributed by atoms with Crippen molar-refractivity contribution >= 4 is 5.97 Å². The minimum Gasteiger partial charge on any atom is -0.481 e. The predicted molar refractivity (Wildman–Crippen MR) is 93.0 cm³/mol. The van der Waals surface area contributed by atoms with Crippen LogP contribution in [0.25, 0.3) is 0 Å². The van der Waals surface area contributed by atoms with Crippen LogP contribution in [0.15, 0.2) is 0 Å². The van der Waals surface area contributed by atoms with Crippen LogP contribution in [0, 0.1) is 22.2 Å². The summed E-state index contributed by atoms with van der Waals surface area (Å²) in [5.74, 6) is -0.945. The summed E-state index contributed by atoms with van der Waals surface area (Å²) in [6, 6.07) is 0. The van der Waals surface area contributed by atoms with Crippen molar-refractivity contribution in [2.24, 2.45) is 22.2 Å². The molecule has 1 fully saturated rings. The van der Waals surface area contributed by atoms with Crippen LogP contribution in [0.3, 0.4) is 0 Å². The second-order valence-corrected chi connectivity index (χ2v) is 10.4. The standard InChI is InChI=1S/C19H37NO2/c1-16(2)10-14(15(21)22)18(5,6)12-19(7,8)20(9)13-17(3,4)11-16/h14H,10-13H2,1-9H3,(H,21,22). The molecule has 1 atom stereocenters. The monoisotopic (exact) mass is 311 g/mol. The molecule has 0 radical (unpaired) electrons. The van der Waals surface area contributed by atoms with Crippen molar-refractivity contribution in [2.75, 3.05) is 13.6 Å². The van der Waals surface area contributed by atoms with Crippen LogP contribution in [0.4, 0.5) is 0 Å². The van der Waals surface area contributed by atoms with Gasteiger partial charge in [-0.25, -0.2) is 0 Å². The van der Waals surface area contributed by atoms with E-state index in [0.29, 0.717) is 0 Å². The highest BCUT2D eigenvalue weighted by Gasteiger charge is 2.46. The summed E-state index contributed by atoms with van der Waals surface area (Å²) in [5, 5.41) is 9.84. The van der Waals surface area contributed by atoms with Crippen molar-refractivity contribution in [1.82, 2.24) is 4.90 Å². The van der Waals surface area contributed by atoms with Crippen LogP contribution in [0.2, 0.25) is 0 Å². The third-order valence-corrected chi connectivity index (χ3v) is 5.54. The Bertz CT molecular complexity index is 421. The summed E-state index contributed by atoms with van der Waals surface area (Å²) in [4.78, 5) is 14.4. The molecule has 0 aliphatic carbocycles. The normalized spacial score (nSPS) is 31.4. The first kappa shape index (κ1) is 19.5. The van der Waals surface area contributed by atoms with Gasteiger partial charge in [0.15, 0.2) is 0 Å². The molecule has 0 bridgehead atoms. The average Bonchev–Trinajstić information content (AvgIpc) is 2.20. The Balaban J connectivity index is 3.29. The van der Waals surface area contributed by atoms with Gasteiger partial charge in [-0.05, 0) is 56.4 Å². The number of rotatable bonds is 1. The quantitative estimate of drug-likeness (QED) is 0.765. The highest BCUT2D eigenvalue weighted by Crippen LogP contribution is 2.48. The number of hydrogen-bond acceptors (Lipinski definition) is 2. The van der Waals surface area contributed by atoms with Gasteiger partial charge in [0.05, 0.1) is 5.92 Å². The van der Waals surface area contributed by atoms with Gasteiger partial charge in [0.1, 0.15) is 0 Å². The first-order valence-electron chi connectivity index (χ1n) is 8.52. The molecule has 0 aromatic heterocycles. The van der Waals surface area contributed by atoms with Crippen LogP contribution < -0.4 is 0 Å². The maximum Gasteiger partial charge on any atom is 0.307 e. The molecule has 1 rings (SSSR count). The van der Waals surface area contributed by atoms with E-state index in [9.17, 15) is 9.90 Å². The second-order valence-electron chi connectivity index (χ2n) is 10.4. The fourth-order valence-electron chi connectivity index (χ4n) is 4.90. The molecule has 1 aliphatic rings.